The Hall–Kier alpha value is -1.87. The van der Waals surface area contributed by atoms with Crippen molar-refractivity contribution in [2.45, 2.75) is 96.8 Å². The number of hydrogen-bond acceptors (Lipinski definition) is 8. The third-order valence-corrected chi connectivity index (χ3v) is 6.50. The van der Waals surface area contributed by atoms with Crippen molar-refractivity contribution >= 4 is 11.7 Å². The number of ether oxygens (including phenoxy) is 6. The van der Waals surface area contributed by atoms with E-state index in [9.17, 15) is 4.79 Å². The van der Waals surface area contributed by atoms with Gasteiger partial charge in [0.15, 0.2) is 0 Å². The summed E-state index contributed by atoms with van der Waals surface area (Å²) in [6.07, 6.45) is 17.4. The SMILES string of the molecule is CCCCCCCCCCCCCCCC(=O)OCCOCCOCCOCCOCCOc1ccccc1N. The number of carbonyl (C=O) groups excluding carboxylic acids is 1. The Kier molecular flexibility index (Phi) is 25.9. The van der Waals surface area contributed by atoms with Crippen LogP contribution in [0.4, 0.5) is 5.69 Å². The molecule has 8 nitrogen and oxygen atoms in total. The second-order valence-electron chi connectivity index (χ2n) is 10.0. The lowest BCUT2D eigenvalue weighted by atomic mass is 10.0. The molecule has 0 heterocycles. The van der Waals surface area contributed by atoms with Crippen molar-refractivity contribution in [1.29, 1.82) is 0 Å². The molecule has 232 valence electrons. The van der Waals surface area contributed by atoms with Gasteiger partial charge in [-0.15, -0.1) is 0 Å². The molecule has 0 bridgehead atoms. The molecular weight excluding hydrogens is 510 g/mol. The molecule has 0 atom stereocenters. The van der Waals surface area contributed by atoms with Crippen molar-refractivity contribution in [2.75, 3.05) is 71.8 Å². The normalized spacial score (nSPS) is 11.1. The Morgan fingerprint density at radius 2 is 1.00 bits per heavy atom. The quantitative estimate of drug-likeness (QED) is 0.0620. The minimum Gasteiger partial charge on any atom is -0.489 e. The highest BCUT2D eigenvalue weighted by atomic mass is 16.6. The summed E-state index contributed by atoms with van der Waals surface area (Å²) in [5.41, 5.74) is 6.44. The number of nitrogens with two attached hydrogens (primary N) is 1. The Morgan fingerprint density at radius 3 is 1.50 bits per heavy atom. The number of para-hydroxylation sites is 2. The zero-order valence-corrected chi connectivity index (χ0v) is 25.2. The summed E-state index contributed by atoms with van der Waals surface area (Å²) >= 11 is 0. The first kappa shape index (κ1) is 36.2. The first-order valence-corrected chi connectivity index (χ1v) is 15.7. The van der Waals surface area contributed by atoms with Gasteiger partial charge in [0.2, 0.25) is 0 Å². The van der Waals surface area contributed by atoms with Gasteiger partial charge >= 0.3 is 5.97 Å². The predicted octanol–water partition coefficient (Wildman–Crippen LogP) is 6.74. The zero-order chi connectivity index (χ0) is 28.8. The highest BCUT2D eigenvalue weighted by molar-refractivity contribution is 5.69. The zero-order valence-electron chi connectivity index (χ0n) is 25.2. The van der Waals surface area contributed by atoms with Gasteiger partial charge in [0.1, 0.15) is 19.0 Å². The molecule has 2 N–H and O–H groups in total. The monoisotopic (exact) mass is 567 g/mol. The summed E-state index contributed by atoms with van der Waals surface area (Å²) in [6, 6.07) is 7.39. The van der Waals surface area contributed by atoms with Crippen molar-refractivity contribution in [3.63, 3.8) is 0 Å². The van der Waals surface area contributed by atoms with Crippen molar-refractivity contribution in [3.8, 4) is 5.75 Å². The van der Waals surface area contributed by atoms with Crippen LogP contribution in [0.5, 0.6) is 5.75 Å². The van der Waals surface area contributed by atoms with Gasteiger partial charge in [0.05, 0.1) is 58.5 Å². The summed E-state index contributed by atoms with van der Waals surface area (Å²) in [6.45, 7) is 6.79. The maximum Gasteiger partial charge on any atom is 0.305 e. The summed E-state index contributed by atoms with van der Waals surface area (Å²) in [7, 11) is 0. The molecule has 0 radical (unpaired) electrons. The molecule has 0 saturated carbocycles. The molecule has 0 amide bonds. The van der Waals surface area contributed by atoms with Crippen LogP contribution in [0.25, 0.3) is 0 Å². The molecule has 0 spiro atoms. The molecule has 0 aromatic heterocycles. The molecule has 0 fully saturated rings. The lowest BCUT2D eigenvalue weighted by Crippen LogP contribution is -2.15. The van der Waals surface area contributed by atoms with Crippen LogP contribution in [0.1, 0.15) is 96.8 Å². The van der Waals surface area contributed by atoms with Crippen LogP contribution in [0, 0.1) is 0 Å². The van der Waals surface area contributed by atoms with Gasteiger partial charge in [-0.2, -0.15) is 0 Å². The third kappa shape index (κ3) is 24.0. The molecule has 0 saturated heterocycles. The van der Waals surface area contributed by atoms with E-state index in [1.165, 1.54) is 70.6 Å². The van der Waals surface area contributed by atoms with Crippen LogP contribution in [0.2, 0.25) is 0 Å². The lowest BCUT2D eigenvalue weighted by Gasteiger charge is -2.09. The molecular formula is C32H57NO7. The van der Waals surface area contributed by atoms with E-state index in [0.717, 1.165) is 12.8 Å². The van der Waals surface area contributed by atoms with E-state index in [1.54, 1.807) is 6.07 Å². The number of unbranched alkanes of at least 4 members (excludes halogenated alkanes) is 12. The van der Waals surface area contributed by atoms with E-state index < -0.39 is 0 Å². The molecule has 40 heavy (non-hydrogen) atoms. The van der Waals surface area contributed by atoms with Crippen molar-refractivity contribution < 1.29 is 33.2 Å². The number of rotatable bonds is 30. The molecule has 1 rings (SSSR count). The molecule has 0 aliphatic rings. The topological polar surface area (TPSA) is 98.5 Å². The molecule has 0 aliphatic heterocycles. The van der Waals surface area contributed by atoms with E-state index in [4.69, 9.17) is 34.2 Å². The second-order valence-corrected chi connectivity index (χ2v) is 10.0. The van der Waals surface area contributed by atoms with E-state index in [-0.39, 0.29) is 5.97 Å². The first-order valence-electron chi connectivity index (χ1n) is 15.7. The van der Waals surface area contributed by atoms with Gasteiger partial charge in [0, 0.05) is 6.42 Å². The number of nitrogen functional groups attached to an aromatic ring is 1. The van der Waals surface area contributed by atoms with E-state index in [2.05, 4.69) is 6.92 Å². The molecule has 1 aromatic rings. The summed E-state index contributed by atoms with van der Waals surface area (Å²) in [5.74, 6) is 0.544. The van der Waals surface area contributed by atoms with Crippen LogP contribution >= 0.6 is 0 Å². The average molecular weight is 568 g/mol. The predicted molar refractivity (Wildman–Crippen MR) is 161 cm³/mol. The summed E-state index contributed by atoms with van der Waals surface area (Å²) in [5, 5.41) is 0. The molecule has 1 aromatic carbocycles. The molecule has 8 heteroatoms. The van der Waals surface area contributed by atoms with Gasteiger partial charge in [-0.3, -0.25) is 4.79 Å². The Morgan fingerprint density at radius 1 is 0.575 bits per heavy atom. The van der Waals surface area contributed by atoms with E-state index in [0.29, 0.717) is 83.9 Å². The minimum absolute atomic E-state index is 0.127. The van der Waals surface area contributed by atoms with Crippen LogP contribution in [0.3, 0.4) is 0 Å². The van der Waals surface area contributed by atoms with Gasteiger partial charge in [-0.05, 0) is 18.6 Å². The number of benzene rings is 1. The largest absolute Gasteiger partial charge is 0.489 e. The van der Waals surface area contributed by atoms with E-state index >= 15 is 0 Å². The maximum atomic E-state index is 11.8. The second kappa shape index (κ2) is 28.7. The summed E-state index contributed by atoms with van der Waals surface area (Å²) < 4.78 is 32.6. The lowest BCUT2D eigenvalue weighted by molar-refractivity contribution is -0.145. The third-order valence-electron chi connectivity index (χ3n) is 6.50. The van der Waals surface area contributed by atoms with E-state index in [1.807, 2.05) is 18.2 Å². The Balaban J connectivity index is 1.70. The first-order chi connectivity index (χ1) is 19.7. The molecule has 0 aliphatic carbocycles. The highest BCUT2D eigenvalue weighted by Crippen LogP contribution is 2.19. The Labute approximate surface area is 243 Å². The number of esters is 1. The number of carbonyl (C=O) groups is 1. The average Bonchev–Trinajstić information content (AvgIpc) is 2.96. The van der Waals surface area contributed by atoms with Gasteiger partial charge in [-0.1, -0.05) is 96.1 Å². The van der Waals surface area contributed by atoms with Crippen LogP contribution in [-0.4, -0.2) is 72.0 Å². The standard InChI is InChI=1S/C32H57NO7/c1-2-3-4-5-6-7-8-9-10-11-12-13-14-19-32(34)40-29-27-38-25-23-36-21-20-35-22-24-37-26-28-39-31-18-16-15-17-30(31)33/h15-18H,2-14,19-29,33H2,1H3. The van der Waals surface area contributed by atoms with Crippen LogP contribution in [-0.2, 0) is 28.5 Å². The van der Waals surface area contributed by atoms with Crippen LogP contribution < -0.4 is 10.5 Å². The van der Waals surface area contributed by atoms with Gasteiger partial charge in [-0.25, -0.2) is 0 Å². The smallest absolute Gasteiger partial charge is 0.305 e. The molecule has 0 unspecified atom stereocenters. The van der Waals surface area contributed by atoms with Crippen LogP contribution in [0.15, 0.2) is 24.3 Å². The van der Waals surface area contributed by atoms with Crippen molar-refractivity contribution in [1.82, 2.24) is 0 Å². The van der Waals surface area contributed by atoms with Crippen molar-refractivity contribution in [3.05, 3.63) is 24.3 Å². The highest BCUT2D eigenvalue weighted by Gasteiger charge is 2.03. The maximum absolute atomic E-state index is 11.8. The number of hydrogen-bond donors (Lipinski definition) is 1. The number of anilines is 1. The summed E-state index contributed by atoms with van der Waals surface area (Å²) in [4.78, 5) is 11.8. The fourth-order valence-corrected chi connectivity index (χ4v) is 4.16. The van der Waals surface area contributed by atoms with Gasteiger partial charge < -0.3 is 34.2 Å². The fourth-order valence-electron chi connectivity index (χ4n) is 4.16. The van der Waals surface area contributed by atoms with Gasteiger partial charge in [0.25, 0.3) is 0 Å². The fraction of sp³-hybridized carbons (Fsp3) is 0.781. The Bertz CT molecular complexity index is 689. The minimum atomic E-state index is -0.127. The van der Waals surface area contributed by atoms with Crippen molar-refractivity contribution in [2.24, 2.45) is 0 Å².